The molecule has 2 amide bonds. The van der Waals surface area contributed by atoms with Crippen LogP contribution in [0.5, 0.6) is 0 Å². The van der Waals surface area contributed by atoms with Crippen LogP contribution in [0.2, 0.25) is 0 Å². The molecule has 0 bridgehead atoms. The number of nitrogens with one attached hydrogen (secondary N) is 1. The van der Waals surface area contributed by atoms with Crippen LogP contribution in [0.4, 0.5) is 0 Å². The lowest BCUT2D eigenvalue weighted by atomic mass is 9.89. The normalized spacial score (nSPS) is 28.7. The Balaban J connectivity index is 1.46. The van der Waals surface area contributed by atoms with Crippen molar-refractivity contribution in [1.29, 1.82) is 0 Å². The average molecular weight is 384 g/mol. The Kier molecular flexibility index (Phi) is 5.95. The number of hydrogen-bond acceptors (Lipinski definition) is 4. The van der Waals surface area contributed by atoms with Gasteiger partial charge < -0.3 is 19.7 Å². The number of amides is 2. The van der Waals surface area contributed by atoms with Gasteiger partial charge in [0.25, 0.3) is 5.91 Å². The largest absolute Gasteiger partial charge is 0.482 e. The van der Waals surface area contributed by atoms with E-state index in [1.807, 2.05) is 30.3 Å². The Hall–Kier alpha value is -2.34. The first-order valence-corrected chi connectivity index (χ1v) is 10.3. The molecule has 0 aromatic heterocycles. The van der Waals surface area contributed by atoms with Gasteiger partial charge >= 0.3 is 0 Å². The molecule has 1 N–H and O–H groups in total. The Bertz CT molecular complexity index is 727. The summed E-state index contributed by atoms with van der Waals surface area (Å²) in [5.41, 5.74) is 0.919. The third-order valence-electron chi connectivity index (χ3n) is 5.78. The number of morpholine rings is 1. The topological polar surface area (TPSA) is 67.9 Å². The second kappa shape index (κ2) is 8.78. The summed E-state index contributed by atoms with van der Waals surface area (Å²) in [5, 5.41) is 2.93. The SMILES string of the molecule is O=C(CN1C(=O)/C(=C\c2ccccc2)OC2CCCCC21)NCC1CCCO1. The summed E-state index contributed by atoms with van der Waals surface area (Å²) in [7, 11) is 0. The van der Waals surface area contributed by atoms with Gasteiger partial charge in [-0.3, -0.25) is 9.59 Å². The number of carbonyl (C=O) groups is 2. The van der Waals surface area contributed by atoms with Crippen LogP contribution in [-0.4, -0.2) is 54.7 Å². The second-order valence-electron chi connectivity index (χ2n) is 7.80. The molecule has 2 saturated heterocycles. The number of nitrogens with zero attached hydrogens (tertiary/aromatic N) is 1. The minimum atomic E-state index is -0.195. The quantitative estimate of drug-likeness (QED) is 0.792. The first-order valence-electron chi connectivity index (χ1n) is 10.3. The molecule has 2 aliphatic heterocycles. The first-order chi connectivity index (χ1) is 13.7. The first kappa shape index (κ1) is 19.0. The predicted octanol–water partition coefficient (Wildman–Crippen LogP) is 2.49. The summed E-state index contributed by atoms with van der Waals surface area (Å²) in [6.07, 6.45) is 7.81. The van der Waals surface area contributed by atoms with Gasteiger partial charge in [-0.15, -0.1) is 0 Å². The smallest absolute Gasteiger partial charge is 0.289 e. The van der Waals surface area contributed by atoms with E-state index in [1.165, 1.54) is 0 Å². The number of ether oxygens (including phenoxy) is 2. The highest BCUT2D eigenvalue weighted by Crippen LogP contribution is 2.33. The number of hydrogen-bond donors (Lipinski definition) is 1. The zero-order valence-electron chi connectivity index (χ0n) is 16.1. The molecule has 3 unspecified atom stereocenters. The summed E-state index contributed by atoms with van der Waals surface area (Å²) in [6.45, 7) is 1.35. The zero-order chi connectivity index (χ0) is 19.3. The van der Waals surface area contributed by atoms with Crippen molar-refractivity contribution in [3.8, 4) is 0 Å². The molecule has 3 fully saturated rings. The molecule has 6 nitrogen and oxygen atoms in total. The van der Waals surface area contributed by atoms with Gasteiger partial charge in [0, 0.05) is 13.2 Å². The number of carbonyl (C=O) groups excluding carboxylic acids is 2. The van der Waals surface area contributed by atoms with Gasteiger partial charge in [-0.05, 0) is 43.7 Å². The molecule has 3 aliphatic rings. The van der Waals surface area contributed by atoms with E-state index < -0.39 is 0 Å². The lowest BCUT2D eigenvalue weighted by Gasteiger charge is -2.44. The van der Waals surface area contributed by atoms with Gasteiger partial charge in [-0.25, -0.2) is 0 Å². The van der Waals surface area contributed by atoms with E-state index >= 15 is 0 Å². The molecule has 4 rings (SSSR count). The van der Waals surface area contributed by atoms with Gasteiger partial charge in [0.05, 0.1) is 12.1 Å². The highest BCUT2D eigenvalue weighted by atomic mass is 16.5. The van der Waals surface area contributed by atoms with Crippen molar-refractivity contribution in [2.45, 2.75) is 56.8 Å². The average Bonchev–Trinajstić information content (AvgIpc) is 3.24. The molecule has 6 heteroatoms. The zero-order valence-corrected chi connectivity index (χ0v) is 16.1. The maximum absolute atomic E-state index is 13.1. The third kappa shape index (κ3) is 4.38. The Labute approximate surface area is 165 Å². The minimum absolute atomic E-state index is 0.0253. The van der Waals surface area contributed by atoms with Crippen molar-refractivity contribution in [1.82, 2.24) is 10.2 Å². The van der Waals surface area contributed by atoms with E-state index in [9.17, 15) is 9.59 Å². The van der Waals surface area contributed by atoms with Gasteiger partial charge in [-0.1, -0.05) is 36.8 Å². The summed E-state index contributed by atoms with van der Waals surface area (Å²) in [4.78, 5) is 27.4. The summed E-state index contributed by atoms with van der Waals surface area (Å²) < 4.78 is 11.6. The molecule has 28 heavy (non-hydrogen) atoms. The van der Waals surface area contributed by atoms with Gasteiger partial charge in [-0.2, -0.15) is 0 Å². The van der Waals surface area contributed by atoms with E-state index in [1.54, 1.807) is 11.0 Å². The lowest BCUT2D eigenvalue weighted by Crippen LogP contribution is -2.57. The van der Waals surface area contributed by atoms with E-state index in [2.05, 4.69) is 5.32 Å². The van der Waals surface area contributed by atoms with Crippen LogP contribution in [0.15, 0.2) is 36.1 Å². The summed E-state index contributed by atoms with van der Waals surface area (Å²) in [6, 6.07) is 9.65. The molecule has 1 aromatic rings. The Morgan fingerprint density at radius 1 is 1.14 bits per heavy atom. The van der Waals surface area contributed by atoms with Gasteiger partial charge in [0.2, 0.25) is 5.91 Å². The van der Waals surface area contributed by atoms with Crippen molar-refractivity contribution < 1.29 is 19.1 Å². The molecule has 150 valence electrons. The number of rotatable bonds is 5. The van der Waals surface area contributed by atoms with Gasteiger partial charge in [0.15, 0.2) is 5.76 Å². The maximum Gasteiger partial charge on any atom is 0.289 e. The van der Waals surface area contributed by atoms with Crippen molar-refractivity contribution in [3.63, 3.8) is 0 Å². The van der Waals surface area contributed by atoms with Gasteiger partial charge in [0.1, 0.15) is 12.6 Å². The summed E-state index contributed by atoms with van der Waals surface area (Å²) >= 11 is 0. The third-order valence-corrected chi connectivity index (χ3v) is 5.78. The van der Waals surface area contributed by atoms with Crippen molar-refractivity contribution in [2.75, 3.05) is 19.7 Å². The van der Waals surface area contributed by atoms with Crippen LogP contribution in [0.3, 0.4) is 0 Å². The highest BCUT2D eigenvalue weighted by Gasteiger charge is 2.42. The van der Waals surface area contributed by atoms with Crippen LogP contribution in [0.1, 0.15) is 44.1 Å². The molecular weight excluding hydrogens is 356 g/mol. The van der Waals surface area contributed by atoms with Crippen LogP contribution < -0.4 is 5.32 Å². The molecular formula is C22H28N2O4. The molecule has 1 aliphatic carbocycles. The molecule has 1 saturated carbocycles. The minimum Gasteiger partial charge on any atom is -0.482 e. The monoisotopic (exact) mass is 384 g/mol. The van der Waals surface area contributed by atoms with Crippen LogP contribution in [-0.2, 0) is 19.1 Å². The highest BCUT2D eigenvalue weighted by molar-refractivity contribution is 5.98. The molecule has 3 atom stereocenters. The molecule has 1 aromatic carbocycles. The van der Waals surface area contributed by atoms with E-state index in [-0.39, 0.29) is 36.6 Å². The fraction of sp³-hybridized carbons (Fsp3) is 0.545. The number of benzene rings is 1. The Morgan fingerprint density at radius 2 is 1.96 bits per heavy atom. The van der Waals surface area contributed by atoms with Crippen LogP contribution in [0.25, 0.3) is 6.08 Å². The number of fused-ring (bicyclic) bond motifs is 1. The van der Waals surface area contributed by atoms with Crippen molar-refractivity contribution in [2.24, 2.45) is 0 Å². The maximum atomic E-state index is 13.1. The fourth-order valence-electron chi connectivity index (χ4n) is 4.31. The predicted molar refractivity (Wildman–Crippen MR) is 105 cm³/mol. The summed E-state index contributed by atoms with van der Waals surface area (Å²) in [5.74, 6) is 0.00896. The Morgan fingerprint density at radius 3 is 2.75 bits per heavy atom. The van der Waals surface area contributed by atoms with E-state index in [4.69, 9.17) is 9.47 Å². The standard InChI is InChI=1S/C22H28N2O4/c25-21(23-14-17-9-6-12-27-17)15-24-18-10-4-5-11-19(18)28-20(22(24)26)13-16-7-2-1-3-8-16/h1-3,7-8,13,17-19H,4-6,9-12,14-15H2,(H,23,25)/b20-13+. The lowest BCUT2D eigenvalue weighted by molar-refractivity contribution is -0.151. The van der Waals surface area contributed by atoms with E-state index in [0.717, 1.165) is 50.7 Å². The van der Waals surface area contributed by atoms with E-state index in [0.29, 0.717) is 12.3 Å². The van der Waals surface area contributed by atoms with Crippen LogP contribution >= 0.6 is 0 Å². The van der Waals surface area contributed by atoms with Crippen molar-refractivity contribution in [3.05, 3.63) is 41.7 Å². The molecule has 0 radical (unpaired) electrons. The molecule has 0 spiro atoms. The van der Waals surface area contributed by atoms with Crippen molar-refractivity contribution >= 4 is 17.9 Å². The molecule has 2 heterocycles. The fourth-order valence-corrected chi connectivity index (χ4v) is 4.31. The second-order valence-corrected chi connectivity index (χ2v) is 7.80. The van der Waals surface area contributed by atoms with Crippen LogP contribution in [0, 0.1) is 0 Å².